The topological polar surface area (TPSA) is 41.9 Å². The van der Waals surface area contributed by atoms with Crippen LogP contribution in [0.15, 0.2) is 0 Å². The molecule has 15 heavy (non-hydrogen) atoms. The van der Waals surface area contributed by atoms with Gasteiger partial charge in [0.15, 0.2) is 5.79 Å². The summed E-state index contributed by atoms with van der Waals surface area (Å²) in [5, 5.41) is 9.33. The number of aliphatic hydroxyl groups excluding tert-OH is 1. The van der Waals surface area contributed by atoms with Crippen molar-refractivity contribution in [1.29, 1.82) is 0 Å². The Labute approximate surface area is 91.2 Å². The Balaban J connectivity index is 1.90. The Bertz CT molecular complexity index is 230. The van der Waals surface area contributed by atoms with E-state index in [-0.39, 0.29) is 18.3 Å². The smallest absolute Gasteiger partial charge is 0.163 e. The van der Waals surface area contributed by atoms with Crippen LogP contribution in [-0.2, 0) is 9.47 Å². The first-order valence-electron chi connectivity index (χ1n) is 5.72. The van der Waals surface area contributed by atoms with E-state index >= 15 is 0 Å². The predicted octanol–water partition coefficient (Wildman–Crippen LogP) is 0.593. The molecule has 0 aromatic carbocycles. The van der Waals surface area contributed by atoms with Gasteiger partial charge in [0.05, 0.1) is 18.3 Å². The normalized spacial score (nSPS) is 37.6. The molecule has 0 saturated carbocycles. The van der Waals surface area contributed by atoms with Crippen LogP contribution >= 0.6 is 0 Å². The molecule has 2 heterocycles. The van der Waals surface area contributed by atoms with Crippen molar-refractivity contribution in [2.45, 2.75) is 51.3 Å². The summed E-state index contributed by atoms with van der Waals surface area (Å²) < 4.78 is 11.6. The number of hydrogen-bond acceptors (Lipinski definition) is 4. The van der Waals surface area contributed by atoms with Crippen molar-refractivity contribution in [3.63, 3.8) is 0 Å². The van der Waals surface area contributed by atoms with Crippen LogP contribution in [0.25, 0.3) is 0 Å². The largest absolute Gasteiger partial charge is 0.392 e. The lowest BCUT2D eigenvalue weighted by Crippen LogP contribution is -2.47. The lowest BCUT2D eigenvalue weighted by atomic mass is 10.1. The molecule has 3 unspecified atom stereocenters. The molecule has 4 nitrogen and oxygen atoms in total. The molecule has 0 aromatic heterocycles. The molecule has 2 aliphatic heterocycles. The molecule has 88 valence electrons. The maximum absolute atomic E-state index is 9.33. The minimum absolute atomic E-state index is 0.174. The molecule has 0 amide bonds. The zero-order chi connectivity index (χ0) is 11.1. The monoisotopic (exact) mass is 215 g/mol. The number of β-amino-alcohol motifs (C(OH)–C–C–N with tert-alkyl or cyclic N) is 1. The van der Waals surface area contributed by atoms with Crippen LogP contribution in [0.1, 0.15) is 27.2 Å². The summed E-state index contributed by atoms with van der Waals surface area (Å²) in [7, 11) is 0. The number of nitrogens with zero attached hydrogens (tertiary/aromatic N) is 1. The number of likely N-dealkylation sites (tertiary alicyclic amines) is 1. The number of rotatable bonds is 2. The summed E-state index contributed by atoms with van der Waals surface area (Å²) in [6.07, 6.45) is 1.15. The molecule has 4 heteroatoms. The Kier molecular flexibility index (Phi) is 3.03. The molecule has 0 aromatic rings. The van der Waals surface area contributed by atoms with Gasteiger partial charge in [0.2, 0.25) is 0 Å². The fraction of sp³-hybridized carbons (Fsp3) is 1.00. The second-order valence-electron chi connectivity index (χ2n) is 5.11. The zero-order valence-corrected chi connectivity index (χ0v) is 9.77. The Morgan fingerprint density at radius 1 is 1.40 bits per heavy atom. The first-order valence-corrected chi connectivity index (χ1v) is 5.72. The van der Waals surface area contributed by atoms with E-state index in [1.54, 1.807) is 0 Å². The third-order valence-corrected chi connectivity index (χ3v) is 2.98. The van der Waals surface area contributed by atoms with Crippen LogP contribution in [0.3, 0.4) is 0 Å². The average Bonchev–Trinajstić information content (AvgIpc) is 2.36. The van der Waals surface area contributed by atoms with E-state index in [4.69, 9.17) is 9.47 Å². The summed E-state index contributed by atoms with van der Waals surface area (Å²) in [6.45, 7) is 8.34. The molecule has 0 spiro atoms. The molecular weight excluding hydrogens is 194 g/mol. The fourth-order valence-corrected chi connectivity index (χ4v) is 2.50. The first-order chi connectivity index (χ1) is 6.96. The van der Waals surface area contributed by atoms with Gasteiger partial charge in [-0.1, -0.05) is 0 Å². The van der Waals surface area contributed by atoms with Crippen molar-refractivity contribution >= 4 is 0 Å². The lowest BCUT2D eigenvalue weighted by Gasteiger charge is -2.33. The molecule has 2 aliphatic rings. The van der Waals surface area contributed by atoms with Gasteiger partial charge in [0, 0.05) is 19.6 Å². The van der Waals surface area contributed by atoms with E-state index in [0.717, 1.165) is 26.1 Å². The predicted molar refractivity (Wildman–Crippen MR) is 56.6 cm³/mol. The Hall–Kier alpha value is -0.160. The number of aliphatic hydroxyl groups is 1. The van der Waals surface area contributed by atoms with Gasteiger partial charge in [0.1, 0.15) is 0 Å². The van der Waals surface area contributed by atoms with Crippen LogP contribution < -0.4 is 0 Å². The van der Waals surface area contributed by atoms with Crippen molar-refractivity contribution in [3.8, 4) is 0 Å². The maximum atomic E-state index is 9.33. The van der Waals surface area contributed by atoms with Crippen molar-refractivity contribution in [2.24, 2.45) is 0 Å². The Morgan fingerprint density at radius 3 is 2.73 bits per heavy atom. The molecule has 2 rings (SSSR count). The van der Waals surface area contributed by atoms with Gasteiger partial charge in [-0.25, -0.2) is 0 Å². The molecule has 0 aliphatic carbocycles. The van der Waals surface area contributed by atoms with Crippen LogP contribution in [0, 0.1) is 0 Å². The van der Waals surface area contributed by atoms with Gasteiger partial charge >= 0.3 is 0 Å². The van der Waals surface area contributed by atoms with E-state index in [2.05, 4.69) is 4.90 Å². The van der Waals surface area contributed by atoms with E-state index in [0.29, 0.717) is 0 Å². The highest BCUT2D eigenvalue weighted by Gasteiger charge is 2.43. The third kappa shape index (κ3) is 2.69. The van der Waals surface area contributed by atoms with Gasteiger partial charge in [-0.3, -0.25) is 4.90 Å². The summed E-state index contributed by atoms with van der Waals surface area (Å²) in [5.41, 5.74) is 0. The summed E-state index contributed by atoms with van der Waals surface area (Å²) in [4.78, 5) is 2.25. The average molecular weight is 215 g/mol. The van der Waals surface area contributed by atoms with Gasteiger partial charge in [-0.2, -0.15) is 0 Å². The van der Waals surface area contributed by atoms with E-state index < -0.39 is 5.79 Å². The molecular formula is C11H21NO3. The highest BCUT2D eigenvalue weighted by Crippen LogP contribution is 2.32. The third-order valence-electron chi connectivity index (χ3n) is 2.98. The molecule has 2 fully saturated rings. The van der Waals surface area contributed by atoms with Crippen LogP contribution in [0.4, 0.5) is 0 Å². The highest BCUT2D eigenvalue weighted by molar-refractivity contribution is 4.88. The molecule has 3 atom stereocenters. The summed E-state index contributed by atoms with van der Waals surface area (Å²) >= 11 is 0. The highest BCUT2D eigenvalue weighted by atomic mass is 16.8. The minimum atomic E-state index is -0.434. The second kappa shape index (κ2) is 4.01. The summed E-state index contributed by atoms with van der Waals surface area (Å²) in [6, 6.07) is 0. The van der Waals surface area contributed by atoms with E-state index in [1.165, 1.54) is 0 Å². The minimum Gasteiger partial charge on any atom is -0.392 e. The van der Waals surface area contributed by atoms with Crippen molar-refractivity contribution in [1.82, 2.24) is 4.90 Å². The zero-order valence-electron chi connectivity index (χ0n) is 9.77. The molecule has 0 radical (unpaired) electrons. The number of piperidine rings is 1. The van der Waals surface area contributed by atoms with Gasteiger partial charge in [-0.05, 0) is 27.2 Å². The number of hydrogen-bond donors (Lipinski definition) is 1. The first kappa shape index (κ1) is 11.3. The number of fused-ring (bicyclic) bond motifs is 1. The molecule has 1 N–H and O–H groups in total. The maximum Gasteiger partial charge on any atom is 0.163 e. The standard InChI is InChI=1S/C11H21NO3/c1-8(13)6-12-5-4-9-10(7-12)15-11(2,3)14-9/h8-10,13H,4-7H2,1-3H3. The molecule has 0 bridgehead atoms. The number of ether oxygens (including phenoxy) is 2. The lowest BCUT2D eigenvalue weighted by molar-refractivity contribution is -0.145. The van der Waals surface area contributed by atoms with Crippen molar-refractivity contribution < 1.29 is 14.6 Å². The summed E-state index contributed by atoms with van der Waals surface area (Å²) in [5.74, 6) is -0.434. The van der Waals surface area contributed by atoms with Crippen molar-refractivity contribution in [3.05, 3.63) is 0 Å². The Morgan fingerprint density at radius 2 is 2.07 bits per heavy atom. The van der Waals surface area contributed by atoms with Gasteiger partial charge in [-0.15, -0.1) is 0 Å². The molecule has 2 saturated heterocycles. The van der Waals surface area contributed by atoms with E-state index in [1.807, 2.05) is 20.8 Å². The fourth-order valence-electron chi connectivity index (χ4n) is 2.50. The quantitative estimate of drug-likeness (QED) is 0.732. The van der Waals surface area contributed by atoms with Gasteiger partial charge < -0.3 is 14.6 Å². The SMILES string of the molecule is CC(O)CN1CCC2OC(C)(C)OC2C1. The van der Waals surface area contributed by atoms with Crippen LogP contribution in [-0.4, -0.2) is 53.7 Å². The van der Waals surface area contributed by atoms with Gasteiger partial charge in [0.25, 0.3) is 0 Å². The van der Waals surface area contributed by atoms with Crippen LogP contribution in [0.2, 0.25) is 0 Å². The van der Waals surface area contributed by atoms with E-state index in [9.17, 15) is 5.11 Å². The second-order valence-corrected chi connectivity index (χ2v) is 5.11. The van der Waals surface area contributed by atoms with Crippen LogP contribution in [0.5, 0.6) is 0 Å². The van der Waals surface area contributed by atoms with Crippen molar-refractivity contribution in [2.75, 3.05) is 19.6 Å².